The van der Waals surface area contributed by atoms with Crippen LogP contribution in [0.5, 0.6) is 0 Å². The monoisotopic (exact) mass is 429 g/mol. The van der Waals surface area contributed by atoms with E-state index in [1.165, 1.54) is 41.6 Å². The molecule has 0 aliphatic carbocycles. The molecule has 8 nitrogen and oxygen atoms in total. The Morgan fingerprint density at radius 3 is 2.47 bits per heavy atom. The highest BCUT2D eigenvalue weighted by Crippen LogP contribution is 2.43. The summed E-state index contributed by atoms with van der Waals surface area (Å²) < 4.78 is 0. The van der Waals surface area contributed by atoms with Crippen LogP contribution >= 0.6 is 0 Å². The van der Waals surface area contributed by atoms with Crippen LogP contribution < -0.4 is 4.90 Å². The lowest BCUT2D eigenvalue weighted by Gasteiger charge is -2.27. The number of nitro benzene ring substituents is 1. The number of anilines is 1. The third-order valence-electron chi connectivity index (χ3n) is 5.42. The van der Waals surface area contributed by atoms with Gasteiger partial charge in [0.15, 0.2) is 0 Å². The standard InChI is InChI=1S/C24H19N3O5/c1-14-6-7-15(2)19(12-14)26-21(16-8-10-25-11-9-16)20(23(29)24(26)30)22(28)17-4-3-5-18(13-17)27(31)32/h3-13,21,28H,1-2H3/b22-20-. The zero-order valence-corrected chi connectivity index (χ0v) is 17.4. The van der Waals surface area contributed by atoms with Gasteiger partial charge in [0.05, 0.1) is 16.5 Å². The maximum Gasteiger partial charge on any atom is 0.300 e. The van der Waals surface area contributed by atoms with Crippen LogP contribution in [0.4, 0.5) is 11.4 Å². The Balaban J connectivity index is 1.97. The number of aryl methyl sites for hydroxylation is 2. The number of rotatable bonds is 4. The van der Waals surface area contributed by atoms with Gasteiger partial charge in [-0.25, -0.2) is 0 Å². The smallest absolute Gasteiger partial charge is 0.300 e. The number of ketones is 1. The summed E-state index contributed by atoms with van der Waals surface area (Å²) in [6, 6.07) is 13.3. The van der Waals surface area contributed by atoms with Gasteiger partial charge in [-0.05, 0) is 48.7 Å². The molecular weight excluding hydrogens is 410 g/mol. The number of benzene rings is 2. The zero-order chi connectivity index (χ0) is 23.0. The molecular formula is C24H19N3O5. The van der Waals surface area contributed by atoms with Crippen molar-refractivity contribution in [1.29, 1.82) is 0 Å². The lowest BCUT2D eigenvalue weighted by atomic mass is 9.95. The van der Waals surface area contributed by atoms with Crippen molar-refractivity contribution in [1.82, 2.24) is 4.98 Å². The summed E-state index contributed by atoms with van der Waals surface area (Å²) in [5, 5.41) is 22.3. The summed E-state index contributed by atoms with van der Waals surface area (Å²) in [6.07, 6.45) is 3.07. The number of amides is 1. The van der Waals surface area contributed by atoms with E-state index in [0.717, 1.165) is 11.1 Å². The highest BCUT2D eigenvalue weighted by Gasteiger charge is 2.47. The Morgan fingerprint density at radius 2 is 1.78 bits per heavy atom. The van der Waals surface area contributed by atoms with Gasteiger partial charge in [-0.2, -0.15) is 0 Å². The van der Waals surface area contributed by atoms with Crippen LogP contribution in [0.25, 0.3) is 5.76 Å². The number of carbonyl (C=O) groups excluding carboxylic acids is 2. The van der Waals surface area contributed by atoms with Crippen LogP contribution in [0, 0.1) is 24.0 Å². The van der Waals surface area contributed by atoms with Crippen LogP contribution in [0.3, 0.4) is 0 Å². The van der Waals surface area contributed by atoms with Gasteiger partial charge in [0, 0.05) is 35.8 Å². The molecule has 4 rings (SSSR count). The minimum atomic E-state index is -0.919. The number of aromatic nitrogens is 1. The average molecular weight is 429 g/mol. The maximum absolute atomic E-state index is 13.2. The van der Waals surface area contributed by atoms with E-state index in [1.807, 2.05) is 32.0 Å². The molecule has 32 heavy (non-hydrogen) atoms. The van der Waals surface area contributed by atoms with Crippen LogP contribution in [0.15, 0.2) is 72.6 Å². The summed E-state index contributed by atoms with van der Waals surface area (Å²) >= 11 is 0. The van der Waals surface area contributed by atoms with Gasteiger partial charge < -0.3 is 5.11 Å². The molecule has 1 aliphatic heterocycles. The molecule has 3 aromatic rings. The van der Waals surface area contributed by atoms with E-state index in [0.29, 0.717) is 11.3 Å². The number of hydrogen-bond acceptors (Lipinski definition) is 6. The molecule has 1 atom stereocenters. The van der Waals surface area contributed by atoms with Crippen molar-refractivity contribution < 1.29 is 19.6 Å². The van der Waals surface area contributed by atoms with Gasteiger partial charge in [0.2, 0.25) is 0 Å². The molecule has 1 aromatic heterocycles. The van der Waals surface area contributed by atoms with Gasteiger partial charge in [-0.3, -0.25) is 29.6 Å². The van der Waals surface area contributed by atoms with Crippen LogP contribution in [0.2, 0.25) is 0 Å². The number of hydrogen-bond donors (Lipinski definition) is 1. The molecule has 1 amide bonds. The maximum atomic E-state index is 13.2. The summed E-state index contributed by atoms with van der Waals surface area (Å²) in [5.41, 5.74) is 2.52. The molecule has 160 valence electrons. The lowest BCUT2D eigenvalue weighted by molar-refractivity contribution is -0.384. The van der Waals surface area contributed by atoms with E-state index in [1.54, 1.807) is 12.1 Å². The highest BCUT2D eigenvalue weighted by atomic mass is 16.6. The minimum Gasteiger partial charge on any atom is -0.507 e. The second-order valence-electron chi connectivity index (χ2n) is 7.55. The predicted octanol–water partition coefficient (Wildman–Crippen LogP) is 4.23. The summed E-state index contributed by atoms with van der Waals surface area (Å²) in [5.74, 6) is -2.12. The first-order valence-corrected chi connectivity index (χ1v) is 9.82. The number of aliphatic hydroxyl groups is 1. The fraction of sp³-hybridized carbons (Fsp3) is 0.125. The normalized spacial score (nSPS) is 17.6. The second-order valence-corrected chi connectivity index (χ2v) is 7.55. The summed E-state index contributed by atoms with van der Waals surface area (Å²) in [4.78, 5) is 42.3. The van der Waals surface area contributed by atoms with E-state index in [2.05, 4.69) is 4.98 Å². The van der Waals surface area contributed by atoms with Crippen molar-refractivity contribution >= 4 is 28.8 Å². The predicted molar refractivity (Wildman–Crippen MR) is 118 cm³/mol. The van der Waals surface area contributed by atoms with Crippen molar-refractivity contribution in [2.45, 2.75) is 19.9 Å². The number of carbonyl (C=O) groups is 2. The topological polar surface area (TPSA) is 114 Å². The van der Waals surface area contributed by atoms with Gasteiger partial charge in [-0.15, -0.1) is 0 Å². The van der Waals surface area contributed by atoms with Crippen LogP contribution in [-0.4, -0.2) is 26.7 Å². The van der Waals surface area contributed by atoms with E-state index in [-0.39, 0.29) is 16.8 Å². The first-order valence-electron chi connectivity index (χ1n) is 9.82. The van der Waals surface area contributed by atoms with E-state index in [9.17, 15) is 24.8 Å². The largest absolute Gasteiger partial charge is 0.507 e. The SMILES string of the molecule is Cc1ccc(C)c(N2C(=O)C(=O)/C(=C(\O)c3cccc([N+](=O)[O-])c3)C2c2ccncc2)c1. The third kappa shape index (κ3) is 3.51. The fourth-order valence-corrected chi connectivity index (χ4v) is 3.84. The summed E-state index contributed by atoms with van der Waals surface area (Å²) in [6.45, 7) is 3.71. The Kier molecular flexibility index (Phi) is 5.28. The van der Waals surface area contributed by atoms with Crippen molar-refractivity contribution in [2.24, 2.45) is 0 Å². The Morgan fingerprint density at radius 1 is 1.06 bits per heavy atom. The quantitative estimate of drug-likeness (QED) is 0.218. The van der Waals surface area contributed by atoms with Crippen LogP contribution in [-0.2, 0) is 9.59 Å². The van der Waals surface area contributed by atoms with Crippen molar-refractivity contribution in [3.05, 3.63) is 105 Å². The van der Waals surface area contributed by atoms with Gasteiger partial charge in [0.1, 0.15) is 5.76 Å². The zero-order valence-electron chi connectivity index (χ0n) is 17.4. The molecule has 1 aliphatic rings. The number of pyridine rings is 1. The van der Waals surface area contributed by atoms with Gasteiger partial charge in [-0.1, -0.05) is 24.3 Å². The lowest BCUT2D eigenvalue weighted by Crippen LogP contribution is -2.30. The van der Waals surface area contributed by atoms with Gasteiger partial charge in [0.25, 0.3) is 17.4 Å². The molecule has 1 fully saturated rings. The van der Waals surface area contributed by atoms with Crippen molar-refractivity contribution in [3.63, 3.8) is 0 Å². The molecule has 0 radical (unpaired) electrons. The molecule has 0 spiro atoms. The Bertz CT molecular complexity index is 1280. The molecule has 0 bridgehead atoms. The van der Waals surface area contributed by atoms with Crippen LogP contribution in [0.1, 0.15) is 28.3 Å². The molecule has 1 saturated heterocycles. The number of nitro groups is 1. The number of aliphatic hydroxyl groups excluding tert-OH is 1. The average Bonchev–Trinajstić information content (AvgIpc) is 3.06. The number of nitrogens with zero attached hydrogens (tertiary/aromatic N) is 3. The van der Waals surface area contributed by atoms with Gasteiger partial charge >= 0.3 is 0 Å². The number of non-ortho nitro benzene ring substituents is 1. The number of Topliss-reactive ketones (excluding diaryl/α,β-unsaturated/α-hetero) is 1. The van der Waals surface area contributed by atoms with Crippen molar-refractivity contribution in [2.75, 3.05) is 4.90 Å². The van der Waals surface area contributed by atoms with E-state index < -0.39 is 28.4 Å². The highest BCUT2D eigenvalue weighted by molar-refractivity contribution is 6.51. The van der Waals surface area contributed by atoms with E-state index >= 15 is 0 Å². The van der Waals surface area contributed by atoms with Crippen molar-refractivity contribution in [3.8, 4) is 0 Å². The first-order chi connectivity index (χ1) is 15.3. The third-order valence-corrected chi connectivity index (χ3v) is 5.42. The molecule has 2 aromatic carbocycles. The first kappa shape index (κ1) is 20.9. The molecule has 0 saturated carbocycles. The molecule has 1 N–H and O–H groups in total. The Hall–Kier alpha value is -4.33. The van der Waals surface area contributed by atoms with E-state index in [4.69, 9.17) is 0 Å². The molecule has 1 unspecified atom stereocenters. The fourth-order valence-electron chi connectivity index (χ4n) is 3.84. The Labute approximate surface area is 183 Å². The second kappa shape index (κ2) is 8.07. The molecule has 2 heterocycles. The summed E-state index contributed by atoms with van der Waals surface area (Å²) in [7, 11) is 0. The minimum absolute atomic E-state index is 0.0808. The molecule has 8 heteroatoms.